The van der Waals surface area contributed by atoms with E-state index in [1.54, 1.807) is 30.3 Å². The van der Waals surface area contributed by atoms with Crippen LogP contribution in [-0.4, -0.2) is 25.6 Å². The number of rotatable bonds is 6. The van der Waals surface area contributed by atoms with Gasteiger partial charge in [0.25, 0.3) is 5.91 Å². The van der Waals surface area contributed by atoms with E-state index in [9.17, 15) is 9.59 Å². The Labute approximate surface area is 146 Å². The number of carbonyl (C=O) groups is 2. The summed E-state index contributed by atoms with van der Waals surface area (Å²) in [6.07, 6.45) is 0.00686. The van der Waals surface area contributed by atoms with Crippen molar-refractivity contribution in [1.29, 1.82) is 5.26 Å². The Morgan fingerprint density at radius 1 is 1.20 bits per heavy atom. The first-order chi connectivity index (χ1) is 12.0. The fourth-order valence-electron chi connectivity index (χ4n) is 2.27. The number of anilines is 1. The van der Waals surface area contributed by atoms with Gasteiger partial charge in [-0.15, -0.1) is 0 Å². The van der Waals surface area contributed by atoms with Crippen LogP contribution in [0.4, 0.5) is 5.69 Å². The van der Waals surface area contributed by atoms with E-state index in [-0.39, 0.29) is 6.42 Å². The third-order valence-corrected chi connectivity index (χ3v) is 3.46. The average molecular weight is 338 g/mol. The lowest BCUT2D eigenvalue weighted by Crippen LogP contribution is -2.22. The topological polar surface area (TPSA) is 88.4 Å². The molecule has 0 atom stereocenters. The van der Waals surface area contributed by atoms with Gasteiger partial charge in [0.1, 0.15) is 11.8 Å². The van der Waals surface area contributed by atoms with Crippen LogP contribution in [-0.2, 0) is 20.7 Å². The molecule has 128 valence electrons. The highest BCUT2D eigenvalue weighted by atomic mass is 16.5. The quantitative estimate of drug-likeness (QED) is 0.818. The number of amides is 1. The van der Waals surface area contributed by atoms with Crippen molar-refractivity contribution >= 4 is 17.6 Å². The fraction of sp³-hybridized carbons (Fsp3) is 0.211. The van der Waals surface area contributed by atoms with E-state index >= 15 is 0 Å². The minimum atomic E-state index is -0.535. The van der Waals surface area contributed by atoms with Gasteiger partial charge in [0.2, 0.25) is 0 Å². The van der Waals surface area contributed by atoms with Crippen LogP contribution in [0.5, 0.6) is 5.75 Å². The monoisotopic (exact) mass is 338 g/mol. The van der Waals surface area contributed by atoms with E-state index in [0.717, 1.165) is 5.56 Å². The van der Waals surface area contributed by atoms with E-state index in [1.165, 1.54) is 7.11 Å². The number of carbonyl (C=O) groups excluding carboxylic acids is 2. The van der Waals surface area contributed by atoms with Gasteiger partial charge in [0.15, 0.2) is 6.61 Å². The average Bonchev–Trinajstić information content (AvgIpc) is 2.60. The van der Waals surface area contributed by atoms with Crippen LogP contribution >= 0.6 is 0 Å². The number of methoxy groups -OCH3 is 1. The summed E-state index contributed by atoms with van der Waals surface area (Å²) in [6.45, 7) is 1.49. The molecule has 1 N–H and O–H groups in total. The number of aryl methyl sites for hydroxylation is 1. The molecular weight excluding hydrogens is 320 g/mol. The Morgan fingerprint density at radius 3 is 2.68 bits per heavy atom. The second-order valence-corrected chi connectivity index (χ2v) is 5.36. The first-order valence-electron chi connectivity index (χ1n) is 7.61. The molecule has 0 aliphatic rings. The van der Waals surface area contributed by atoms with Crippen LogP contribution < -0.4 is 10.1 Å². The van der Waals surface area contributed by atoms with Crippen molar-refractivity contribution in [1.82, 2.24) is 0 Å². The molecular formula is C19H18N2O4. The standard InChI is InChI=1S/C19H18N2O4/c1-13-7-8-17(24-2)15(9-13)10-19(23)25-12-18(22)21-16-6-4-3-5-14(16)11-20/h3-9H,10,12H2,1-2H3,(H,21,22). The second kappa shape index (κ2) is 8.50. The molecule has 25 heavy (non-hydrogen) atoms. The lowest BCUT2D eigenvalue weighted by Gasteiger charge is -2.10. The Balaban J connectivity index is 1.91. The highest BCUT2D eigenvalue weighted by Gasteiger charge is 2.13. The number of ether oxygens (including phenoxy) is 2. The molecule has 2 aromatic carbocycles. The highest BCUT2D eigenvalue weighted by Crippen LogP contribution is 2.20. The summed E-state index contributed by atoms with van der Waals surface area (Å²) in [5.74, 6) is -0.449. The Hall–Kier alpha value is -3.33. The maximum atomic E-state index is 12.0. The Bertz CT molecular complexity index is 824. The zero-order valence-electron chi connectivity index (χ0n) is 14.0. The highest BCUT2D eigenvalue weighted by molar-refractivity contribution is 5.94. The molecule has 0 saturated carbocycles. The van der Waals surface area contributed by atoms with Gasteiger partial charge in [0, 0.05) is 5.56 Å². The van der Waals surface area contributed by atoms with Gasteiger partial charge in [-0.25, -0.2) is 0 Å². The van der Waals surface area contributed by atoms with Crippen LogP contribution in [0.3, 0.4) is 0 Å². The molecule has 2 rings (SSSR count). The molecule has 0 bridgehead atoms. The molecule has 6 heteroatoms. The molecule has 0 saturated heterocycles. The Kier molecular flexibility index (Phi) is 6.13. The van der Waals surface area contributed by atoms with Crippen molar-refractivity contribution in [3.8, 4) is 11.8 Å². The van der Waals surface area contributed by atoms with Crippen molar-refractivity contribution in [2.24, 2.45) is 0 Å². The van der Waals surface area contributed by atoms with E-state index < -0.39 is 18.5 Å². The fourth-order valence-corrected chi connectivity index (χ4v) is 2.27. The molecule has 6 nitrogen and oxygen atoms in total. The second-order valence-electron chi connectivity index (χ2n) is 5.36. The number of para-hydroxylation sites is 1. The van der Waals surface area contributed by atoms with E-state index in [4.69, 9.17) is 14.7 Å². The smallest absolute Gasteiger partial charge is 0.310 e. The third kappa shape index (κ3) is 5.08. The predicted octanol–water partition coefficient (Wildman–Crippen LogP) is 2.60. The molecule has 0 fully saturated rings. The van der Waals surface area contributed by atoms with Gasteiger partial charge in [0.05, 0.1) is 24.8 Å². The molecule has 0 aromatic heterocycles. The predicted molar refractivity (Wildman–Crippen MR) is 92.2 cm³/mol. The lowest BCUT2D eigenvalue weighted by molar-refractivity contribution is -0.146. The first-order valence-corrected chi connectivity index (χ1v) is 7.61. The van der Waals surface area contributed by atoms with Gasteiger partial charge < -0.3 is 14.8 Å². The SMILES string of the molecule is COc1ccc(C)cc1CC(=O)OCC(=O)Nc1ccccc1C#N. The number of hydrogen-bond acceptors (Lipinski definition) is 5. The summed E-state index contributed by atoms with van der Waals surface area (Å²) in [7, 11) is 1.53. The summed E-state index contributed by atoms with van der Waals surface area (Å²) in [6, 6.07) is 14.1. The van der Waals surface area contributed by atoms with Gasteiger partial charge in [-0.1, -0.05) is 29.8 Å². The minimum Gasteiger partial charge on any atom is -0.496 e. The van der Waals surface area contributed by atoms with Crippen molar-refractivity contribution < 1.29 is 19.1 Å². The normalized spacial score (nSPS) is 9.80. The molecule has 0 aliphatic carbocycles. The van der Waals surface area contributed by atoms with Crippen LogP contribution in [0.15, 0.2) is 42.5 Å². The number of nitrogens with one attached hydrogen (secondary N) is 1. The zero-order chi connectivity index (χ0) is 18.2. The lowest BCUT2D eigenvalue weighted by atomic mass is 10.1. The van der Waals surface area contributed by atoms with Gasteiger partial charge in [-0.3, -0.25) is 9.59 Å². The molecule has 0 unspecified atom stereocenters. The van der Waals surface area contributed by atoms with Gasteiger partial charge >= 0.3 is 5.97 Å². The zero-order valence-corrected chi connectivity index (χ0v) is 14.0. The summed E-state index contributed by atoms with van der Waals surface area (Å²) in [5, 5.41) is 11.5. The summed E-state index contributed by atoms with van der Waals surface area (Å²) in [5.41, 5.74) is 2.41. The van der Waals surface area contributed by atoms with E-state index in [0.29, 0.717) is 22.6 Å². The van der Waals surface area contributed by atoms with Gasteiger partial charge in [-0.05, 0) is 25.1 Å². The number of nitriles is 1. The first kappa shape index (κ1) is 18.0. The molecule has 0 radical (unpaired) electrons. The maximum Gasteiger partial charge on any atom is 0.310 e. The summed E-state index contributed by atoms with van der Waals surface area (Å²) < 4.78 is 10.2. The number of benzene rings is 2. The van der Waals surface area contributed by atoms with Crippen LogP contribution in [0.25, 0.3) is 0 Å². The van der Waals surface area contributed by atoms with Crippen molar-refractivity contribution in [2.75, 3.05) is 19.0 Å². The Morgan fingerprint density at radius 2 is 1.96 bits per heavy atom. The number of hydrogen-bond donors (Lipinski definition) is 1. The molecule has 0 spiro atoms. The maximum absolute atomic E-state index is 12.0. The van der Waals surface area contributed by atoms with E-state index in [1.807, 2.05) is 25.1 Å². The molecule has 1 amide bonds. The number of nitrogens with zero attached hydrogens (tertiary/aromatic N) is 1. The largest absolute Gasteiger partial charge is 0.496 e. The van der Waals surface area contributed by atoms with Crippen molar-refractivity contribution in [3.63, 3.8) is 0 Å². The molecule has 0 aliphatic heterocycles. The van der Waals surface area contributed by atoms with Crippen LogP contribution in [0, 0.1) is 18.3 Å². The van der Waals surface area contributed by atoms with Crippen LogP contribution in [0.1, 0.15) is 16.7 Å². The van der Waals surface area contributed by atoms with E-state index in [2.05, 4.69) is 5.32 Å². The molecule has 0 heterocycles. The minimum absolute atomic E-state index is 0.00686. The van der Waals surface area contributed by atoms with Crippen molar-refractivity contribution in [2.45, 2.75) is 13.3 Å². The molecule has 2 aromatic rings. The van der Waals surface area contributed by atoms with Crippen molar-refractivity contribution in [3.05, 3.63) is 59.2 Å². The third-order valence-electron chi connectivity index (χ3n) is 3.46. The summed E-state index contributed by atoms with van der Waals surface area (Å²) in [4.78, 5) is 23.9. The van der Waals surface area contributed by atoms with Gasteiger partial charge in [-0.2, -0.15) is 5.26 Å². The number of esters is 1. The summed E-state index contributed by atoms with van der Waals surface area (Å²) >= 11 is 0. The van der Waals surface area contributed by atoms with Crippen LogP contribution in [0.2, 0.25) is 0 Å².